The lowest BCUT2D eigenvalue weighted by Crippen LogP contribution is -2.57. The van der Waals surface area contributed by atoms with Gasteiger partial charge in [0, 0.05) is 13.2 Å². The normalized spacial score (nSPS) is 24.9. The van der Waals surface area contributed by atoms with Crippen LogP contribution in [0.25, 0.3) is 0 Å². The number of carbonyl (C=O) groups is 1. The maximum Gasteiger partial charge on any atom is 0.387 e. The third-order valence-corrected chi connectivity index (χ3v) is 4.00. The van der Waals surface area contributed by atoms with E-state index in [1.807, 2.05) is 0 Å². The van der Waals surface area contributed by atoms with Crippen molar-refractivity contribution in [2.24, 2.45) is 0 Å². The summed E-state index contributed by atoms with van der Waals surface area (Å²) < 4.78 is 39.8. The Morgan fingerprint density at radius 2 is 2.26 bits per heavy atom. The van der Waals surface area contributed by atoms with Crippen LogP contribution in [0, 0.1) is 0 Å². The molecule has 2 saturated heterocycles. The number of hydrogen-bond acceptors (Lipinski definition) is 5. The van der Waals surface area contributed by atoms with E-state index in [0.29, 0.717) is 32.9 Å². The maximum atomic E-state index is 12.5. The number of ether oxygens (including phenoxy) is 3. The van der Waals surface area contributed by atoms with Crippen LogP contribution in [0.4, 0.5) is 8.78 Å². The van der Waals surface area contributed by atoms with Gasteiger partial charge in [0.2, 0.25) is 0 Å². The average Bonchev–Trinajstić information content (AvgIpc) is 2.55. The number of alkyl halides is 2. The van der Waals surface area contributed by atoms with Crippen LogP contribution in [0.15, 0.2) is 18.3 Å². The number of nitrogens with zero attached hydrogens (tertiary/aromatic N) is 2. The summed E-state index contributed by atoms with van der Waals surface area (Å²) in [6.07, 6.45) is 2.88. The van der Waals surface area contributed by atoms with Gasteiger partial charge in [-0.2, -0.15) is 8.78 Å². The van der Waals surface area contributed by atoms with Crippen LogP contribution in [0.3, 0.4) is 0 Å². The Morgan fingerprint density at radius 1 is 1.39 bits per heavy atom. The first kappa shape index (κ1) is 16.1. The molecule has 1 spiro atoms. The largest absolute Gasteiger partial charge is 0.433 e. The Morgan fingerprint density at radius 3 is 2.91 bits per heavy atom. The highest BCUT2D eigenvalue weighted by Gasteiger charge is 2.40. The zero-order valence-electron chi connectivity index (χ0n) is 12.5. The maximum absolute atomic E-state index is 12.5. The van der Waals surface area contributed by atoms with Gasteiger partial charge in [-0.1, -0.05) is 0 Å². The molecule has 0 radical (unpaired) electrons. The number of aromatic nitrogens is 1. The molecule has 23 heavy (non-hydrogen) atoms. The van der Waals surface area contributed by atoms with Crippen LogP contribution in [-0.4, -0.2) is 60.9 Å². The topological polar surface area (TPSA) is 60.9 Å². The van der Waals surface area contributed by atoms with Crippen molar-refractivity contribution in [1.29, 1.82) is 0 Å². The molecule has 3 rings (SSSR count). The molecular weight excluding hydrogens is 310 g/mol. The van der Waals surface area contributed by atoms with Crippen molar-refractivity contribution >= 4 is 5.91 Å². The molecule has 2 aliphatic rings. The molecule has 0 aromatic carbocycles. The molecule has 126 valence electrons. The number of amides is 1. The molecule has 3 heterocycles. The number of hydrogen-bond donors (Lipinski definition) is 0. The van der Waals surface area contributed by atoms with Crippen molar-refractivity contribution in [3.8, 4) is 5.75 Å². The zero-order chi connectivity index (χ0) is 16.3. The molecule has 2 aliphatic heterocycles. The Hall–Kier alpha value is -1.80. The second-order valence-corrected chi connectivity index (χ2v) is 5.67. The van der Waals surface area contributed by atoms with Crippen LogP contribution in [0.2, 0.25) is 0 Å². The van der Waals surface area contributed by atoms with Crippen molar-refractivity contribution in [3.63, 3.8) is 0 Å². The van der Waals surface area contributed by atoms with E-state index < -0.39 is 12.2 Å². The second-order valence-electron chi connectivity index (χ2n) is 5.67. The Bertz CT molecular complexity index is 541. The van der Waals surface area contributed by atoms with Crippen LogP contribution in [0.5, 0.6) is 5.75 Å². The summed E-state index contributed by atoms with van der Waals surface area (Å²) >= 11 is 0. The van der Waals surface area contributed by atoms with Crippen LogP contribution in [-0.2, 0) is 9.47 Å². The van der Waals surface area contributed by atoms with E-state index >= 15 is 0 Å². The number of carbonyl (C=O) groups excluding carboxylic acids is 1. The van der Waals surface area contributed by atoms with Gasteiger partial charge < -0.3 is 19.1 Å². The molecule has 0 aliphatic carbocycles. The van der Waals surface area contributed by atoms with E-state index in [-0.39, 0.29) is 17.4 Å². The Labute approximate surface area is 132 Å². The highest BCUT2D eigenvalue weighted by molar-refractivity contribution is 5.92. The molecule has 1 unspecified atom stereocenters. The molecule has 0 bridgehead atoms. The summed E-state index contributed by atoms with van der Waals surface area (Å²) in [6.45, 7) is -0.358. The fourth-order valence-corrected chi connectivity index (χ4v) is 2.92. The summed E-state index contributed by atoms with van der Waals surface area (Å²) in [5.41, 5.74) is -0.245. The third kappa shape index (κ3) is 3.76. The summed E-state index contributed by atoms with van der Waals surface area (Å²) in [5, 5.41) is 0. The summed E-state index contributed by atoms with van der Waals surface area (Å²) in [5.74, 6) is -0.322. The highest BCUT2D eigenvalue weighted by atomic mass is 19.3. The fraction of sp³-hybridized carbons (Fsp3) is 0.600. The van der Waals surface area contributed by atoms with E-state index in [2.05, 4.69) is 9.72 Å². The first-order valence-corrected chi connectivity index (χ1v) is 7.50. The zero-order valence-corrected chi connectivity index (χ0v) is 12.5. The number of pyridine rings is 1. The molecule has 1 atom stereocenters. The first-order valence-electron chi connectivity index (χ1n) is 7.50. The molecule has 2 fully saturated rings. The van der Waals surface area contributed by atoms with Gasteiger partial charge in [-0.15, -0.1) is 0 Å². The monoisotopic (exact) mass is 328 g/mol. The lowest BCUT2D eigenvalue weighted by molar-refractivity contribution is -0.160. The van der Waals surface area contributed by atoms with E-state index in [9.17, 15) is 13.6 Å². The first-order chi connectivity index (χ1) is 11.1. The number of morpholine rings is 1. The molecule has 0 N–H and O–H groups in total. The molecule has 1 aromatic rings. The van der Waals surface area contributed by atoms with Gasteiger partial charge in [0.25, 0.3) is 5.91 Å². The van der Waals surface area contributed by atoms with Crippen LogP contribution in [0.1, 0.15) is 23.3 Å². The lowest BCUT2D eigenvalue weighted by Gasteiger charge is -2.44. The van der Waals surface area contributed by atoms with Crippen molar-refractivity contribution in [2.45, 2.75) is 25.1 Å². The average molecular weight is 328 g/mol. The van der Waals surface area contributed by atoms with E-state index in [0.717, 1.165) is 19.0 Å². The Kier molecular flexibility index (Phi) is 4.72. The minimum absolute atomic E-state index is 0.0734. The van der Waals surface area contributed by atoms with Crippen molar-refractivity contribution in [1.82, 2.24) is 9.88 Å². The lowest BCUT2D eigenvalue weighted by atomic mass is 9.94. The quantitative estimate of drug-likeness (QED) is 0.845. The van der Waals surface area contributed by atoms with E-state index in [1.54, 1.807) is 4.90 Å². The van der Waals surface area contributed by atoms with Crippen molar-refractivity contribution in [3.05, 3.63) is 24.0 Å². The summed E-state index contributed by atoms with van der Waals surface area (Å²) in [4.78, 5) is 18.1. The number of halogens is 2. The van der Waals surface area contributed by atoms with Gasteiger partial charge in [0.05, 0.1) is 26.0 Å². The summed E-state index contributed by atoms with van der Waals surface area (Å²) in [6, 6.07) is 2.70. The fourth-order valence-electron chi connectivity index (χ4n) is 2.92. The second kappa shape index (κ2) is 6.76. The summed E-state index contributed by atoms with van der Waals surface area (Å²) in [7, 11) is 0. The minimum atomic E-state index is -2.91. The van der Waals surface area contributed by atoms with Gasteiger partial charge in [-0.3, -0.25) is 4.79 Å². The van der Waals surface area contributed by atoms with Gasteiger partial charge in [0.1, 0.15) is 17.0 Å². The van der Waals surface area contributed by atoms with Crippen LogP contribution < -0.4 is 4.74 Å². The van der Waals surface area contributed by atoms with Gasteiger partial charge in [0.15, 0.2) is 0 Å². The third-order valence-electron chi connectivity index (χ3n) is 4.00. The Balaban J connectivity index is 1.67. The van der Waals surface area contributed by atoms with Gasteiger partial charge in [-0.25, -0.2) is 4.98 Å². The van der Waals surface area contributed by atoms with E-state index in [4.69, 9.17) is 9.47 Å². The number of rotatable bonds is 3. The van der Waals surface area contributed by atoms with Gasteiger partial charge in [-0.05, 0) is 25.0 Å². The predicted octanol–water partition coefficient (Wildman–Crippen LogP) is 1.70. The van der Waals surface area contributed by atoms with Crippen molar-refractivity contribution in [2.75, 3.05) is 32.9 Å². The van der Waals surface area contributed by atoms with Crippen molar-refractivity contribution < 1.29 is 27.8 Å². The minimum Gasteiger partial charge on any atom is -0.433 e. The molecule has 6 nitrogen and oxygen atoms in total. The standard InChI is InChI=1S/C15H18F2N2O4/c16-14(17)23-11-2-3-12(18-8-11)13(20)19-5-7-22-15(9-19)4-1-6-21-10-15/h2-3,8,14H,1,4-7,9-10H2. The predicted molar refractivity (Wildman–Crippen MR) is 75.5 cm³/mol. The molecule has 8 heteroatoms. The van der Waals surface area contributed by atoms with E-state index in [1.165, 1.54) is 12.1 Å². The molecular formula is C15H18F2N2O4. The van der Waals surface area contributed by atoms with Gasteiger partial charge >= 0.3 is 6.61 Å². The highest BCUT2D eigenvalue weighted by Crippen LogP contribution is 2.28. The molecule has 0 saturated carbocycles. The smallest absolute Gasteiger partial charge is 0.387 e. The van der Waals surface area contributed by atoms with Crippen LogP contribution >= 0.6 is 0 Å². The molecule has 1 aromatic heterocycles. The molecule has 1 amide bonds. The SMILES string of the molecule is O=C(c1ccc(OC(F)F)cn1)N1CCOC2(CCCOC2)C1.